The lowest BCUT2D eigenvalue weighted by Crippen LogP contribution is -2.34. The van der Waals surface area contributed by atoms with Crippen molar-refractivity contribution in [3.8, 4) is 28.0 Å². The summed E-state index contributed by atoms with van der Waals surface area (Å²) in [5.41, 5.74) is 4.22. The molecule has 1 heterocycles. The van der Waals surface area contributed by atoms with E-state index in [9.17, 15) is 9.59 Å². The van der Waals surface area contributed by atoms with Gasteiger partial charge in [0.2, 0.25) is 5.78 Å². The molecule has 0 saturated carbocycles. The number of carbonyl (C=O) groups is 2. The highest BCUT2D eigenvalue weighted by molar-refractivity contribution is 7.12. The van der Waals surface area contributed by atoms with Crippen LogP contribution in [0.15, 0.2) is 90.3 Å². The number of thiophene rings is 1. The highest BCUT2D eigenvalue weighted by Gasteiger charge is 2.19. The van der Waals surface area contributed by atoms with Gasteiger partial charge in [0.25, 0.3) is 0 Å². The van der Waals surface area contributed by atoms with Crippen LogP contribution in [0.25, 0.3) is 22.3 Å². The van der Waals surface area contributed by atoms with E-state index in [1.807, 2.05) is 98.8 Å². The van der Waals surface area contributed by atoms with E-state index < -0.39 is 5.60 Å². The molecule has 0 radical (unpaired) electrons. The van der Waals surface area contributed by atoms with Crippen LogP contribution in [0.4, 0.5) is 0 Å². The Bertz CT molecular complexity index is 1370. The average molecular weight is 528 g/mol. The predicted octanol–water partition coefficient (Wildman–Crippen LogP) is 6.97. The van der Waals surface area contributed by atoms with E-state index in [4.69, 9.17) is 9.47 Å². The second kappa shape index (κ2) is 12.2. The monoisotopic (exact) mass is 527 g/mol. The molecular weight excluding hydrogens is 494 g/mol. The number of rotatable bonds is 10. The van der Waals surface area contributed by atoms with Gasteiger partial charge < -0.3 is 9.47 Å². The predicted molar refractivity (Wildman–Crippen MR) is 154 cm³/mol. The Kier molecular flexibility index (Phi) is 8.77. The number of hydrogen-bond donors (Lipinski definition) is 0. The molecule has 0 N–H and O–H groups in total. The lowest BCUT2D eigenvalue weighted by atomic mass is 9.96. The third-order valence-corrected chi connectivity index (χ3v) is 6.69. The Labute approximate surface area is 228 Å². The molecule has 4 rings (SSSR count). The molecule has 0 aliphatic rings. The summed E-state index contributed by atoms with van der Waals surface area (Å²) in [5.74, 6) is 0.172. The van der Waals surface area contributed by atoms with E-state index >= 15 is 0 Å². The molecular formula is C32H33NO4S. The third kappa shape index (κ3) is 7.40. The molecule has 38 heavy (non-hydrogen) atoms. The van der Waals surface area contributed by atoms with Crippen LogP contribution in [0.5, 0.6) is 5.75 Å². The molecule has 0 saturated heterocycles. The Hall–Kier alpha value is -3.74. The molecule has 196 valence electrons. The number of nitrogens with zero attached hydrogens (tertiary/aromatic N) is 1. The van der Waals surface area contributed by atoms with Crippen molar-refractivity contribution in [3.05, 3.63) is 101 Å². The summed E-state index contributed by atoms with van der Waals surface area (Å²) in [7, 11) is 1.84. The van der Waals surface area contributed by atoms with Crippen molar-refractivity contribution >= 4 is 23.1 Å². The second-order valence-corrected chi connectivity index (χ2v) is 11.1. The summed E-state index contributed by atoms with van der Waals surface area (Å²) in [6, 6.07) is 28.0. The number of hydrogen-bond acceptors (Lipinski definition) is 6. The standard InChI is InChI=1S/C32H33NO4S/c1-32(2,3)37-30(34)22-33(4)17-18-36-28-16-15-26(21-27(28)31(35)29-14-9-19-38-29)25-13-8-12-24(20-25)23-10-6-5-7-11-23/h5-16,19-21H,17-18,22H2,1-4H3. The van der Waals surface area contributed by atoms with E-state index in [1.165, 1.54) is 11.3 Å². The van der Waals surface area contributed by atoms with Crippen molar-refractivity contribution in [3.63, 3.8) is 0 Å². The summed E-state index contributed by atoms with van der Waals surface area (Å²) >= 11 is 1.41. The SMILES string of the molecule is CN(CCOc1ccc(-c2cccc(-c3ccccc3)c2)cc1C(=O)c1cccs1)CC(=O)OC(C)(C)C. The van der Waals surface area contributed by atoms with Gasteiger partial charge in [0.1, 0.15) is 18.0 Å². The number of ketones is 1. The Morgan fingerprint density at radius 1 is 0.816 bits per heavy atom. The topological polar surface area (TPSA) is 55.8 Å². The quantitative estimate of drug-likeness (QED) is 0.165. The average Bonchev–Trinajstić information content (AvgIpc) is 3.43. The van der Waals surface area contributed by atoms with E-state index in [2.05, 4.69) is 24.3 Å². The second-order valence-electron chi connectivity index (χ2n) is 10.1. The minimum absolute atomic E-state index is 0.0711. The van der Waals surface area contributed by atoms with E-state index in [0.717, 1.165) is 22.3 Å². The van der Waals surface area contributed by atoms with Crippen molar-refractivity contribution in [1.29, 1.82) is 0 Å². The van der Waals surface area contributed by atoms with Gasteiger partial charge in [0, 0.05) is 6.54 Å². The normalized spacial score (nSPS) is 11.4. The van der Waals surface area contributed by atoms with Gasteiger partial charge >= 0.3 is 5.97 Å². The first-order chi connectivity index (χ1) is 18.2. The van der Waals surface area contributed by atoms with E-state index in [1.54, 1.807) is 0 Å². The number of ether oxygens (including phenoxy) is 2. The molecule has 1 aromatic heterocycles. The Morgan fingerprint density at radius 3 is 2.18 bits per heavy atom. The molecule has 0 fully saturated rings. The molecule has 0 atom stereocenters. The maximum atomic E-state index is 13.4. The largest absolute Gasteiger partial charge is 0.491 e. The van der Waals surface area contributed by atoms with Crippen LogP contribution in [0.2, 0.25) is 0 Å². The molecule has 6 heteroatoms. The minimum Gasteiger partial charge on any atom is -0.491 e. The van der Waals surface area contributed by atoms with Gasteiger partial charge in [-0.3, -0.25) is 14.5 Å². The van der Waals surface area contributed by atoms with E-state index in [0.29, 0.717) is 29.3 Å². The maximum Gasteiger partial charge on any atom is 0.320 e. The van der Waals surface area contributed by atoms with Crippen LogP contribution in [-0.2, 0) is 9.53 Å². The zero-order chi connectivity index (χ0) is 27.1. The summed E-state index contributed by atoms with van der Waals surface area (Å²) in [5, 5.41) is 1.90. The van der Waals surface area contributed by atoms with Gasteiger partial charge in [-0.15, -0.1) is 11.3 Å². The maximum absolute atomic E-state index is 13.4. The highest BCUT2D eigenvalue weighted by Crippen LogP contribution is 2.32. The zero-order valence-electron chi connectivity index (χ0n) is 22.3. The number of esters is 1. The lowest BCUT2D eigenvalue weighted by molar-refractivity contribution is -0.155. The molecule has 0 bridgehead atoms. The third-order valence-electron chi connectivity index (χ3n) is 5.82. The van der Waals surface area contributed by atoms with E-state index in [-0.39, 0.29) is 18.3 Å². The molecule has 3 aromatic carbocycles. The Morgan fingerprint density at radius 2 is 1.50 bits per heavy atom. The zero-order valence-corrected chi connectivity index (χ0v) is 23.1. The van der Waals surface area contributed by atoms with Crippen LogP contribution in [0.3, 0.4) is 0 Å². The lowest BCUT2D eigenvalue weighted by Gasteiger charge is -2.22. The van der Waals surface area contributed by atoms with Crippen LogP contribution in [-0.4, -0.2) is 49.0 Å². The van der Waals surface area contributed by atoms with Crippen molar-refractivity contribution in [1.82, 2.24) is 4.90 Å². The summed E-state index contributed by atoms with van der Waals surface area (Å²) < 4.78 is 11.5. The first-order valence-corrected chi connectivity index (χ1v) is 13.5. The van der Waals surface area contributed by atoms with Crippen LogP contribution in [0, 0.1) is 0 Å². The number of likely N-dealkylation sites (N-methyl/N-ethyl adjacent to an activating group) is 1. The molecule has 0 aliphatic heterocycles. The summed E-state index contributed by atoms with van der Waals surface area (Å²) in [4.78, 5) is 28.1. The first-order valence-electron chi connectivity index (χ1n) is 12.6. The fourth-order valence-electron chi connectivity index (χ4n) is 4.05. The highest BCUT2D eigenvalue weighted by atomic mass is 32.1. The van der Waals surface area contributed by atoms with Crippen molar-refractivity contribution in [2.24, 2.45) is 0 Å². The molecule has 0 spiro atoms. The number of carbonyl (C=O) groups excluding carboxylic acids is 2. The molecule has 0 aliphatic carbocycles. The molecule has 0 amide bonds. The fourth-order valence-corrected chi connectivity index (χ4v) is 4.72. The Balaban J connectivity index is 1.53. The molecule has 0 unspecified atom stereocenters. The molecule has 5 nitrogen and oxygen atoms in total. The van der Waals surface area contributed by atoms with Gasteiger partial charge in [-0.05, 0) is 79.7 Å². The van der Waals surface area contributed by atoms with Gasteiger partial charge in [-0.1, -0.05) is 60.7 Å². The van der Waals surface area contributed by atoms with Crippen LogP contribution < -0.4 is 4.74 Å². The van der Waals surface area contributed by atoms with Gasteiger partial charge in [-0.2, -0.15) is 0 Å². The smallest absolute Gasteiger partial charge is 0.320 e. The minimum atomic E-state index is -0.520. The van der Waals surface area contributed by atoms with Crippen molar-refractivity contribution in [2.45, 2.75) is 26.4 Å². The summed E-state index contributed by atoms with van der Waals surface area (Å²) in [6.07, 6.45) is 0. The van der Waals surface area contributed by atoms with Crippen molar-refractivity contribution in [2.75, 3.05) is 26.7 Å². The van der Waals surface area contributed by atoms with Crippen molar-refractivity contribution < 1.29 is 19.1 Å². The fraction of sp³-hybridized carbons (Fsp3) is 0.250. The van der Waals surface area contributed by atoms with Gasteiger partial charge in [0.05, 0.1) is 17.0 Å². The molecule has 4 aromatic rings. The summed E-state index contributed by atoms with van der Waals surface area (Å²) in [6.45, 7) is 6.54. The van der Waals surface area contributed by atoms with Gasteiger partial charge in [-0.25, -0.2) is 0 Å². The first kappa shape index (κ1) is 27.3. The number of benzene rings is 3. The van der Waals surface area contributed by atoms with Crippen LogP contribution >= 0.6 is 11.3 Å². The van der Waals surface area contributed by atoms with Gasteiger partial charge in [0.15, 0.2) is 0 Å². The van der Waals surface area contributed by atoms with Crippen LogP contribution in [0.1, 0.15) is 36.0 Å².